The van der Waals surface area contributed by atoms with Crippen LogP contribution in [0.5, 0.6) is 0 Å². The molecule has 0 aliphatic heterocycles. The number of nitrogens with one attached hydrogen (secondary N) is 1. The third-order valence-corrected chi connectivity index (χ3v) is 3.01. The van der Waals surface area contributed by atoms with Gasteiger partial charge in [-0.1, -0.05) is 38.1 Å². The van der Waals surface area contributed by atoms with Crippen molar-refractivity contribution in [1.29, 1.82) is 0 Å². The smallest absolute Gasteiger partial charge is 0.176 e. The number of benzene rings is 1. The molecule has 0 saturated carbocycles. The fraction of sp³-hybridized carbons (Fsp3) is 0.571. The van der Waals surface area contributed by atoms with Gasteiger partial charge >= 0.3 is 0 Å². The van der Waals surface area contributed by atoms with Gasteiger partial charge in [0.2, 0.25) is 0 Å². The highest BCUT2D eigenvalue weighted by atomic mass is 16.7. The highest BCUT2D eigenvalue weighted by molar-refractivity contribution is 5.27. The molecule has 0 radical (unpaired) electrons. The van der Waals surface area contributed by atoms with E-state index in [1.54, 1.807) is 14.2 Å². The Bertz CT molecular complexity index is 317. The normalized spacial score (nSPS) is 13.4. The zero-order valence-corrected chi connectivity index (χ0v) is 11.4. The second-order valence-corrected chi connectivity index (χ2v) is 4.43. The van der Waals surface area contributed by atoms with Crippen LogP contribution >= 0.6 is 0 Å². The molecule has 1 unspecified atom stereocenters. The summed E-state index contributed by atoms with van der Waals surface area (Å²) in [6.07, 6.45) is -0.273. The molecule has 3 nitrogen and oxygen atoms in total. The lowest BCUT2D eigenvalue weighted by atomic mass is 9.99. The molecule has 0 aromatic heterocycles. The monoisotopic (exact) mass is 237 g/mol. The van der Waals surface area contributed by atoms with Crippen molar-refractivity contribution in [2.75, 3.05) is 21.3 Å². The number of rotatable bonds is 6. The minimum Gasteiger partial charge on any atom is -0.354 e. The number of hydrogen-bond acceptors (Lipinski definition) is 3. The van der Waals surface area contributed by atoms with E-state index in [1.807, 2.05) is 7.05 Å². The van der Waals surface area contributed by atoms with E-state index in [9.17, 15) is 0 Å². The van der Waals surface area contributed by atoms with Crippen molar-refractivity contribution >= 4 is 0 Å². The molecule has 0 aliphatic carbocycles. The van der Waals surface area contributed by atoms with Crippen LogP contribution in [0.25, 0.3) is 0 Å². The molecule has 1 N–H and O–H groups in total. The van der Waals surface area contributed by atoms with E-state index in [2.05, 4.69) is 43.4 Å². The molecule has 1 atom stereocenters. The fourth-order valence-corrected chi connectivity index (χ4v) is 1.92. The minimum absolute atomic E-state index is 0.0474. The van der Waals surface area contributed by atoms with Crippen LogP contribution in [0.3, 0.4) is 0 Å². The summed E-state index contributed by atoms with van der Waals surface area (Å²) in [5.41, 5.74) is 2.51. The Morgan fingerprint density at radius 3 is 1.76 bits per heavy atom. The Balaban J connectivity index is 2.89. The molecule has 0 spiro atoms. The van der Waals surface area contributed by atoms with Gasteiger partial charge in [0, 0.05) is 14.2 Å². The van der Waals surface area contributed by atoms with Crippen LogP contribution in [0.1, 0.15) is 36.9 Å². The molecule has 0 saturated heterocycles. The first kappa shape index (κ1) is 14.2. The average molecular weight is 237 g/mol. The first-order valence-corrected chi connectivity index (χ1v) is 5.96. The zero-order valence-electron chi connectivity index (χ0n) is 11.4. The standard InChI is InChI=1S/C14H23NO2/c1-10(2)11-6-8-12(9-7-11)13(15-3)14(16-4)17-5/h6-10,13-15H,1-5H3. The van der Waals surface area contributed by atoms with Crippen LogP contribution in [-0.2, 0) is 9.47 Å². The van der Waals surface area contributed by atoms with Crippen LogP contribution in [0.15, 0.2) is 24.3 Å². The molecular formula is C14H23NO2. The first-order valence-electron chi connectivity index (χ1n) is 5.96. The van der Waals surface area contributed by atoms with E-state index in [4.69, 9.17) is 9.47 Å². The number of ether oxygens (including phenoxy) is 2. The molecule has 17 heavy (non-hydrogen) atoms. The Morgan fingerprint density at radius 1 is 0.941 bits per heavy atom. The topological polar surface area (TPSA) is 30.5 Å². The van der Waals surface area contributed by atoms with Crippen LogP contribution in [0.4, 0.5) is 0 Å². The van der Waals surface area contributed by atoms with Crippen LogP contribution in [0, 0.1) is 0 Å². The Hall–Kier alpha value is -0.900. The molecule has 96 valence electrons. The van der Waals surface area contributed by atoms with Crippen LogP contribution in [0.2, 0.25) is 0 Å². The third-order valence-electron chi connectivity index (χ3n) is 3.01. The summed E-state index contributed by atoms with van der Waals surface area (Å²) < 4.78 is 10.6. The van der Waals surface area contributed by atoms with Crippen molar-refractivity contribution in [3.63, 3.8) is 0 Å². The lowest BCUT2D eigenvalue weighted by Crippen LogP contribution is -2.32. The Labute approximate surface area is 104 Å². The van der Waals surface area contributed by atoms with E-state index in [0.29, 0.717) is 5.92 Å². The van der Waals surface area contributed by atoms with Gasteiger partial charge in [-0.05, 0) is 24.1 Å². The van der Waals surface area contributed by atoms with E-state index in [0.717, 1.165) is 0 Å². The summed E-state index contributed by atoms with van der Waals surface area (Å²) in [6, 6.07) is 8.62. The predicted octanol–water partition coefficient (Wildman–Crippen LogP) is 2.69. The summed E-state index contributed by atoms with van der Waals surface area (Å²) in [6.45, 7) is 4.38. The van der Waals surface area contributed by atoms with E-state index >= 15 is 0 Å². The molecule has 0 amide bonds. The summed E-state index contributed by atoms with van der Waals surface area (Å²) in [5.74, 6) is 0.553. The maximum Gasteiger partial charge on any atom is 0.176 e. The number of hydrogen-bond donors (Lipinski definition) is 1. The molecule has 1 rings (SSSR count). The zero-order chi connectivity index (χ0) is 12.8. The Morgan fingerprint density at radius 2 is 1.41 bits per heavy atom. The molecule has 1 aromatic carbocycles. The highest BCUT2D eigenvalue weighted by Crippen LogP contribution is 2.22. The van der Waals surface area contributed by atoms with Crippen LogP contribution < -0.4 is 5.32 Å². The molecule has 0 heterocycles. The summed E-state index contributed by atoms with van der Waals surface area (Å²) >= 11 is 0. The SMILES string of the molecule is CNC(c1ccc(C(C)C)cc1)C(OC)OC. The first-order chi connectivity index (χ1) is 8.13. The molecule has 0 aliphatic rings. The second-order valence-electron chi connectivity index (χ2n) is 4.43. The van der Waals surface area contributed by atoms with Crippen molar-refractivity contribution in [3.05, 3.63) is 35.4 Å². The minimum atomic E-state index is -0.273. The molecule has 1 aromatic rings. The quantitative estimate of drug-likeness (QED) is 0.772. The summed E-state index contributed by atoms with van der Waals surface area (Å²) in [5, 5.41) is 3.22. The third kappa shape index (κ3) is 3.53. The lowest BCUT2D eigenvalue weighted by Gasteiger charge is -2.25. The van der Waals surface area contributed by atoms with Crippen molar-refractivity contribution in [2.45, 2.75) is 32.1 Å². The van der Waals surface area contributed by atoms with E-state index in [1.165, 1.54) is 11.1 Å². The largest absolute Gasteiger partial charge is 0.354 e. The van der Waals surface area contributed by atoms with Gasteiger partial charge in [0.15, 0.2) is 6.29 Å². The molecule has 0 fully saturated rings. The molecule has 3 heteroatoms. The highest BCUT2D eigenvalue weighted by Gasteiger charge is 2.20. The predicted molar refractivity (Wildman–Crippen MR) is 70.1 cm³/mol. The fourth-order valence-electron chi connectivity index (χ4n) is 1.92. The number of likely N-dealkylation sites (N-methyl/N-ethyl adjacent to an activating group) is 1. The van der Waals surface area contributed by atoms with Gasteiger partial charge in [-0.2, -0.15) is 0 Å². The van der Waals surface area contributed by atoms with E-state index < -0.39 is 0 Å². The Kier molecular flexibility index (Phi) is 5.62. The van der Waals surface area contributed by atoms with Gasteiger partial charge in [0.1, 0.15) is 0 Å². The van der Waals surface area contributed by atoms with Crippen molar-refractivity contribution in [1.82, 2.24) is 5.32 Å². The molecule has 0 bridgehead atoms. The van der Waals surface area contributed by atoms with Gasteiger partial charge in [-0.25, -0.2) is 0 Å². The van der Waals surface area contributed by atoms with Crippen LogP contribution in [-0.4, -0.2) is 27.6 Å². The van der Waals surface area contributed by atoms with Gasteiger partial charge in [0.25, 0.3) is 0 Å². The van der Waals surface area contributed by atoms with Crippen molar-refractivity contribution in [2.24, 2.45) is 0 Å². The van der Waals surface area contributed by atoms with Gasteiger partial charge < -0.3 is 14.8 Å². The number of methoxy groups -OCH3 is 2. The van der Waals surface area contributed by atoms with Gasteiger partial charge in [0.05, 0.1) is 6.04 Å². The van der Waals surface area contributed by atoms with Gasteiger partial charge in [-0.3, -0.25) is 0 Å². The maximum absolute atomic E-state index is 5.30. The lowest BCUT2D eigenvalue weighted by molar-refractivity contribution is -0.123. The van der Waals surface area contributed by atoms with Gasteiger partial charge in [-0.15, -0.1) is 0 Å². The van der Waals surface area contributed by atoms with Crippen molar-refractivity contribution < 1.29 is 9.47 Å². The maximum atomic E-state index is 5.30. The average Bonchev–Trinajstić information content (AvgIpc) is 2.36. The molecular weight excluding hydrogens is 214 g/mol. The van der Waals surface area contributed by atoms with E-state index in [-0.39, 0.29) is 12.3 Å². The summed E-state index contributed by atoms with van der Waals surface area (Å²) in [7, 11) is 5.22. The summed E-state index contributed by atoms with van der Waals surface area (Å²) in [4.78, 5) is 0. The van der Waals surface area contributed by atoms with Crippen molar-refractivity contribution in [3.8, 4) is 0 Å². The second kappa shape index (κ2) is 6.74.